The molecular formula is C8H8ClI. The van der Waals surface area contributed by atoms with E-state index in [1.54, 1.807) is 0 Å². The maximum Gasteiger partial charge on any atom is 0.0419 e. The van der Waals surface area contributed by atoms with Crippen LogP contribution in [0.1, 0.15) is 11.1 Å². The molecule has 1 aromatic carbocycles. The Morgan fingerprint density at radius 3 is 2.40 bits per heavy atom. The topological polar surface area (TPSA) is 0 Å². The van der Waals surface area contributed by atoms with Gasteiger partial charge in [0.15, 0.2) is 0 Å². The van der Waals surface area contributed by atoms with E-state index in [9.17, 15) is 0 Å². The van der Waals surface area contributed by atoms with Gasteiger partial charge in [0.2, 0.25) is 0 Å². The fourth-order valence-corrected chi connectivity index (χ4v) is 1.99. The predicted molar refractivity (Wildman–Crippen MR) is 53.6 cm³/mol. The Balaban J connectivity index is 3.31. The molecule has 0 unspecified atom stereocenters. The fourth-order valence-electron chi connectivity index (χ4n) is 0.774. The van der Waals surface area contributed by atoms with Gasteiger partial charge in [-0.2, -0.15) is 0 Å². The molecule has 0 aliphatic rings. The molecule has 0 atom stereocenters. The summed E-state index contributed by atoms with van der Waals surface area (Å²) in [6.45, 7) is 4.18. The summed E-state index contributed by atoms with van der Waals surface area (Å²) in [4.78, 5) is 0. The van der Waals surface area contributed by atoms with Gasteiger partial charge in [-0.15, -0.1) is 0 Å². The first-order chi connectivity index (χ1) is 4.61. The van der Waals surface area contributed by atoms with Crippen molar-refractivity contribution in [3.8, 4) is 0 Å². The lowest BCUT2D eigenvalue weighted by Crippen LogP contribution is -1.84. The van der Waals surface area contributed by atoms with Crippen molar-refractivity contribution in [3.63, 3.8) is 0 Å². The maximum absolute atomic E-state index is 5.82. The monoisotopic (exact) mass is 266 g/mol. The minimum absolute atomic E-state index is 0.826. The molecule has 10 heavy (non-hydrogen) atoms. The highest BCUT2D eigenvalue weighted by Gasteiger charge is 1.98. The number of hydrogen-bond donors (Lipinski definition) is 0. The fraction of sp³-hybridized carbons (Fsp3) is 0.250. The molecule has 0 aliphatic heterocycles. The van der Waals surface area contributed by atoms with Crippen molar-refractivity contribution in [1.82, 2.24) is 0 Å². The van der Waals surface area contributed by atoms with E-state index in [1.807, 2.05) is 12.1 Å². The van der Waals surface area contributed by atoms with Crippen LogP contribution in [0.25, 0.3) is 0 Å². The molecule has 0 radical (unpaired) electrons. The van der Waals surface area contributed by atoms with Crippen LogP contribution in [0, 0.1) is 17.4 Å². The third-order valence-electron chi connectivity index (χ3n) is 1.57. The average Bonchev–Trinajstić information content (AvgIpc) is 1.82. The van der Waals surface area contributed by atoms with Crippen LogP contribution in [0.2, 0.25) is 5.02 Å². The smallest absolute Gasteiger partial charge is 0.0419 e. The molecule has 0 amide bonds. The first-order valence-electron chi connectivity index (χ1n) is 3.03. The molecule has 0 saturated carbocycles. The summed E-state index contributed by atoms with van der Waals surface area (Å²) in [5.41, 5.74) is 2.59. The lowest BCUT2D eigenvalue weighted by atomic mass is 10.1. The zero-order valence-corrected chi connectivity index (χ0v) is 8.82. The molecule has 2 heteroatoms. The highest BCUT2D eigenvalue weighted by atomic mass is 127. The molecule has 54 valence electrons. The molecule has 0 aromatic heterocycles. The minimum Gasteiger partial charge on any atom is -0.0843 e. The first kappa shape index (κ1) is 8.34. The van der Waals surface area contributed by atoms with Gasteiger partial charge in [0.05, 0.1) is 0 Å². The summed E-state index contributed by atoms with van der Waals surface area (Å²) in [5, 5.41) is 0.826. The van der Waals surface area contributed by atoms with Crippen LogP contribution in [0.5, 0.6) is 0 Å². The quantitative estimate of drug-likeness (QED) is 0.630. The van der Waals surface area contributed by atoms with E-state index >= 15 is 0 Å². The van der Waals surface area contributed by atoms with Crippen molar-refractivity contribution in [2.24, 2.45) is 0 Å². The molecule has 0 aliphatic carbocycles. The van der Waals surface area contributed by atoms with E-state index in [2.05, 4.69) is 36.4 Å². The molecule has 0 nitrogen and oxygen atoms in total. The van der Waals surface area contributed by atoms with Crippen LogP contribution in [-0.2, 0) is 0 Å². The van der Waals surface area contributed by atoms with Gasteiger partial charge in [0.1, 0.15) is 0 Å². The van der Waals surface area contributed by atoms with Gasteiger partial charge < -0.3 is 0 Å². The summed E-state index contributed by atoms with van der Waals surface area (Å²) in [5.74, 6) is 0. The van der Waals surface area contributed by atoms with E-state index in [1.165, 1.54) is 14.7 Å². The molecule has 0 saturated heterocycles. The largest absolute Gasteiger partial charge is 0.0843 e. The standard InChI is InChI=1S/C8H8ClI/c1-5-3-7(9)4-8(10)6(5)2/h3-4H,1-2H3. The van der Waals surface area contributed by atoms with Gasteiger partial charge in [-0.25, -0.2) is 0 Å². The van der Waals surface area contributed by atoms with E-state index in [0.29, 0.717) is 0 Å². The van der Waals surface area contributed by atoms with E-state index in [4.69, 9.17) is 11.6 Å². The number of halogens is 2. The minimum atomic E-state index is 0.826. The number of aryl methyl sites for hydroxylation is 1. The summed E-state index contributed by atoms with van der Waals surface area (Å²) in [6, 6.07) is 3.96. The molecule has 1 aromatic rings. The van der Waals surface area contributed by atoms with Crippen LogP contribution in [-0.4, -0.2) is 0 Å². The second kappa shape index (κ2) is 3.09. The first-order valence-corrected chi connectivity index (χ1v) is 4.49. The van der Waals surface area contributed by atoms with Crippen molar-refractivity contribution < 1.29 is 0 Å². The molecule has 0 spiro atoms. The summed E-state index contributed by atoms with van der Waals surface area (Å²) >= 11 is 8.11. The van der Waals surface area contributed by atoms with Gasteiger partial charge in [-0.1, -0.05) is 11.6 Å². The number of rotatable bonds is 0. The Morgan fingerprint density at radius 2 is 1.90 bits per heavy atom. The van der Waals surface area contributed by atoms with Crippen molar-refractivity contribution >= 4 is 34.2 Å². The average molecular weight is 267 g/mol. The third kappa shape index (κ3) is 1.64. The molecule has 0 heterocycles. The Kier molecular flexibility index (Phi) is 2.58. The Morgan fingerprint density at radius 1 is 1.30 bits per heavy atom. The van der Waals surface area contributed by atoms with Crippen LogP contribution in [0.4, 0.5) is 0 Å². The second-order valence-corrected chi connectivity index (χ2v) is 3.93. The molecule has 0 N–H and O–H groups in total. The van der Waals surface area contributed by atoms with Gasteiger partial charge in [0, 0.05) is 8.59 Å². The highest BCUT2D eigenvalue weighted by molar-refractivity contribution is 14.1. The summed E-state index contributed by atoms with van der Waals surface area (Å²) in [7, 11) is 0. The Labute approximate surface area is 79.7 Å². The zero-order valence-electron chi connectivity index (χ0n) is 5.91. The third-order valence-corrected chi connectivity index (χ3v) is 2.91. The van der Waals surface area contributed by atoms with E-state index in [0.717, 1.165) is 5.02 Å². The van der Waals surface area contributed by atoms with E-state index in [-0.39, 0.29) is 0 Å². The van der Waals surface area contributed by atoms with Crippen molar-refractivity contribution in [2.45, 2.75) is 13.8 Å². The highest BCUT2D eigenvalue weighted by Crippen LogP contribution is 2.20. The Hall–Kier alpha value is 0.240. The van der Waals surface area contributed by atoms with Crippen LogP contribution in [0.3, 0.4) is 0 Å². The summed E-state index contributed by atoms with van der Waals surface area (Å²) in [6.07, 6.45) is 0. The Bertz CT molecular complexity index is 232. The van der Waals surface area contributed by atoms with Gasteiger partial charge in [-0.05, 0) is 59.7 Å². The normalized spacial score (nSPS) is 10.0. The zero-order chi connectivity index (χ0) is 7.72. The van der Waals surface area contributed by atoms with Gasteiger partial charge in [0.25, 0.3) is 0 Å². The molecule has 0 bridgehead atoms. The summed E-state index contributed by atoms with van der Waals surface area (Å²) < 4.78 is 1.24. The second-order valence-electron chi connectivity index (χ2n) is 2.33. The molecular weight excluding hydrogens is 258 g/mol. The maximum atomic E-state index is 5.82. The predicted octanol–water partition coefficient (Wildman–Crippen LogP) is 3.56. The molecule has 0 fully saturated rings. The van der Waals surface area contributed by atoms with E-state index < -0.39 is 0 Å². The van der Waals surface area contributed by atoms with Crippen molar-refractivity contribution in [2.75, 3.05) is 0 Å². The van der Waals surface area contributed by atoms with Crippen molar-refractivity contribution in [1.29, 1.82) is 0 Å². The van der Waals surface area contributed by atoms with Crippen molar-refractivity contribution in [3.05, 3.63) is 31.9 Å². The lowest BCUT2D eigenvalue weighted by molar-refractivity contribution is 1.31. The lowest BCUT2D eigenvalue weighted by Gasteiger charge is -2.02. The number of hydrogen-bond acceptors (Lipinski definition) is 0. The number of benzene rings is 1. The van der Waals surface area contributed by atoms with Gasteiger partial charge in [-0.3, -0.25) is 0 Å². The van der Waals surface area contributed by atoms with Crippen LogP contribution >= 0.6 is 34.2 Å². The SMILES string of the molecule is Cc1cc(Cl)cc(I)c1C. The van der Waals surface area contributed by atoms with Crippen LogP contribution in [0.15, 0.2) is 12.1 Å². The molecule has 1 rings (SSSR count). The van der Waals surface area contributed by atoms with Gasteiger partial charge >= 0.3 is 0 Å². The van der Waals surface area contributed by atoms with Crippen LogP contribution < -0.4 is 0 Å².